The van der Waals surface area contributed by atoms with Gasteiger partial charge in [0.1, 0.15) is 29.6 Å². The van der Waals surface area contributed by atoms with E-state index in [1.807, 2.05) is 25.3 Å². The van der Waals surface area contributed by atoms with Crippen LogP contribution in [0.5, 0.6) is 11.5 Å². The van der Waals surface area contributed by atoms with Crippen LogP contribution in [-0.2, 0) is 6.61 Å². The number of amidine groups is 1. The summed E-state index contributed by atoms with van der Waals surface area (Å²) in [6.45, 7) is 4.62. The molecule has 0 spiro atoms. The summed E-state index contributed by atoms with van der Waals surface area (Å²) < 4.78 is 11.3. The van der Waals surface area contributed by atoms with Gasteiger partial charge in [-0.25, -0.2) is 9.78 Å². The van der Waals surface area contributed by atoms with Crippen LogP contribution in [0.4, 0.5) is 5.69 Å². The van der Waals surface area contributed by atoms with Crippen molar-refractivity contribution in [3.8, 4) is 33.1 Å². The van der Waals surface area contributed by atoms with Gasteiger partial charge in [-0.15, -0.1) is 11.3 Å². The zero-order valence-corrected chi connectivity index (χ0v) is 24.4. The highest BCUT2D eigenvalue weighted by molar-refractivity contribution is 7.13. The second kappa shape index (κ2) is 11.9. The number of carbonyl (C=O) groups is 3. The lowest BCUT2D eigenvalue weighted by molar-refractivity contribution is 0.0691. The molecule has 3 heterocycles. The van der Waals surface area contributed by atoms with Crippen molar-refractivity contribution in [3.05, 3.63) is 82.0 Å². The van der Waals surface area contributed by atoms with E-state index >= 15 is 0 Å². The van der Waals surface area contributed by atoms with E-state index in [9.17, 15) is 19.5 Å². The van der Waals surface area contributed by atoms with E-state index in [-0.39, 0.29) is 39.8 Å². The van der Waals surface area contributed by atoms with Crippen molar-refractivity contribution >= 4 is 40.6 Å². The lowest BCUT2D eigenvalue weighted by Crippen LogP contribution is -2.28. The zero-order chi connectivity index (χ0) is 30.8. The highest BCUT2D eigenvalue weighted by atomic mass is 32.1. The third-order valence-electron chi connectivity index (χ3n) is 6.78. The molecular weight excluding hydrogens is 570 g/mol. The van der Waals surface area contributed by atoms with Crippen LogP contribution < -0.4 is 25.8 Å². The van der Waals surface area contributed by atoms with Crippen LogP contribution in [0.15, 0.2) is 53.9 Å². The molecule has 0 atom stereocenters. The van der Waals surface area contributed by atoms with Crippen LogP contribution in [0.3, 0.4) is 0 Å². The Kier molecular flexibility index (Phi) is 8.13. The van der Waals surface area contributed by atoms with E-state index in [0.29, 0.717) is 41.5 Å². The molecule has 0 unspecified atom stereocenters. The number of carbonyl (C=O) groups excluding carboxylic acids is 2. The van der Waals surface area contributed by atoms with Gasteiger partial charge in [0.15, 0.2) is 5.69 Å². The number of nitrogens with zero attached hydrogens (tertiary/aromatic N) is 1. The third-order valence-corrected chi connectivity index (χ3v) is 7.77. The number of hydrogen-bond acceptors (Lipinski definition) is 8. The number of carboxylic acid groups (broad SMARTS) is 1. The fraction of sp³-hybridized carbons (Fsp3) is 0.194. The summed E-state index contributed by atoms with van der Waals surface area (Å²) in [7, 11) is 1.43. The topological polar surface area (TPSA) is 177 Å². The molecule has 0 fully saturated rings. The normalized spacial score (nSPS) is 11.6. The molecule has 0 bridgehead atoms. The summed E-state index contributed by atoms with van der Waals surface area (Å²) in [5.74, 6) is -1.59. The minimum atomic E-state index is -1.36. The number of methoxy groups -OCH3 is 1. The lowest BCUT2D eigenvalue weighted by Gasteiger charge is -2.21. The van der Waals surface area contributed by atoms with Gasteiger partial charge < -0.3 is 30.9 Å². The molecule has 0 saturated carbocycles. The molecule has 5 rings (SSSR count). The van der Waals surface area contributed by atoms with Gasteiger partial charge in [-0.2, -0.15) is 0 Å². The maximum Gasteiger partial charge on any atom is 0.355 e. The van der Waals surface area contributed by atoms with Crippen molar-refractivity contribution < 1.29 is 29.0 Å². The molecule has 0 aliphatic carbocycles. The Morgan fingerprint density at radius 2 is 1.86 bits per heavy atom. The molecule has 1 aliphatic heterocycles. The molecule has 11 nitrogen and oxygen atoms in total. The van der Waals surface area contributed by atoms with E-state index in [4.69, 9.17) is 20.6 Å². The first kappa shape index (κ1) is 29.3. The monoisotopic (exact) mass is 599 g/mol. The minimum absolute atomic E-state index is 0.0529. The quantitative estimate of drug-likeness (QED) is 0.132. The van der Waals surface area contributed by atoms with Crippen LogP contribution >= 0.6 is 11.3 Å². The van der Waals surface area contributed by atoms with Crippen molar-refractivity contribution in [1.29, 1.82) is 5.41 Å². The maximum absolute atomic E-state index is 13.9. The molecule has 4 aromatic rings. The minimum Gasteiger partial charge on any atom is -0.496 e. The molecular formula is C31H29N5O6S. The Hall–Kier alpha value is -5.23. The number of anilines is 1. The first-order chi connectivity index (χ1) is 20.6. The summed E-state index contributed by atoms with van der Waals surface area (Å²) in [5, 5.41) is 25.4. The molecule has 2 aromatic heterocycles. The van der Waals surface area contributed by atoms with Crippen molar-refractivity contribution in [3.63, 3.8) is 0 Å². The maximum atomic E-state index is 13.9. The summed E-state index contributed by atoms with van der Waals surface area (Å²) in [6.07, 6.45) is 0. The van der Waals surface area contributed by atoms with E-state index in [1.165, 1.54) is 30.6 Å². The van der Waals surface area contributed by atoms with Crippen LogP contribution in [-0.4, -0.2) is 47.4 Å². The number of carboxylic acids is 1. The van der Waals surface area contributed by atoms with Gasteiger partial charge in [-0.1, -0.05) is 13.8 Å². The fourth-order valence-corrected chi connectivity index (χ4v) is 5.61. The van der Waals surface area contributed by atoms with Gasteiger partial charge in [0.25, 0.3) is 11.8 Å². The highest BCUT2D eigenvalue weighted by Crippen LogP contribution is 2.44. The number of nitrogen functional groups attached to an aromatic ring is 1. The van der Waals surface area contributed by atoms with Gasteiger partial charge in [-0.05, 0) is 53.8 Å². The SMILES string of the molecule is COc1cc(NC(=O)c2cc3c(cc2-c2ccc(C(=O)NCC(C)C)nc2C(=O)O)OCc2ccsc2-3)ccc1C(=N)N. The number of aromatic nitrogens is 1. The summed E-state index contributed by atoms with van der Waals surface area (Å²) in [5.41, 5.74) is 8.19. The molecule has 2 aromatic carbocycles. The Labute approximate surface area is 251 Å². The summed E-state index contributed by atoms with van der Waals surface area (Å²) in [4.78, 5) is 44.1. The molecule has 12 heteroatoms. The van der Waals surface area contributed by atoms with Gasteiger partial charge in [-0.3, -0.25) is 15.0 Å². The second-order valence-corrected chi connectivity index (χ2v) is 11.2. The number of fused-ring (bicyclic) bond motifs is 3. The van der Waals surface area contributed by atoms with Crippen LogP contribution in [0.2, 0.25) is 0 Å². The van der Waals surface area contributed by atoms with Crippen LogP contribution in [0.25, 0.3) is 21.6 Å². The van der Waals surface area contributed by atoms with E-state index in [1.54, 1.807) is 30.3 Å². The number of hydrogen-bond donors (Lipinski definition) is 5. The van der Waals surface area contributed by atoms with Crippen LogP contribution in [0.1, 0.15) is 56.3 Å². The molecule has 220 valence electrons. The fourth-order valence-electron chi connectivity index (χ4n) is 4.67. The number of nitrogens with two attached hydrogens (primary N) is 1. The number of nitrogens with one attached hydrogen (secondary N) is 3. The van der Waals surface area contributed by atoms with Crippen molar-refractivity contribution in [2.75, 3.05) is 19.0 Å². The number of ether oxygens (including phenoxy) is 2. The zero-order valence-electron chi connectivity index (χ0n) is 23.6. The number of benzene rings is 2. The summed E-state index contributed by atoms with van der Waals surface area (Å²) in [6, 6.07) is 12.9. The van der Waals surface area contributed by atoms with Gasteiger partial charge in [0, 0.05) is 51.0 Å². The number of thiophene rings is 1. The molecule has 6 N–H and O–H groups in total. The Balaban J connectivity index is 1.62. The molecule has 2 amide bonds. The molecule has 0 radical (unpaired) electrons. The van der Waals surface area contributed by atoms with E-state index in [0.717, 1.165) is 10.4 Å². The number of rotatable bonds is 9. The Morgan fingerprint density at radius 1 is 1.07 bits per heavy atom. The average molecular weight is 600 g/mol. The van der Waals surface area contributed by atoms with Gasteiger partial charge >= 0.3 is 5.97 Å². The molecule has 1 aliphatic rings. The van der Waals surface area contributed by atoms with E-state index < -0.39 is 17.8 Å². The van der Waals surface area contributed by atoms with Crippen LogP contribution in [0, 0.1) is 11.3 Å². The first-order valence-corrected chi connectivity index (χ1v) is 14.2. The smallest absolute Gasteiger partial charge is 0.355 e. The summed E-state index contributed by atoms with van der Waals surface area (Å²) >= 11 is 1.51. The Bertz CT molecular complexity index is 1780. The average Bonchev–Trinajstić information content (AvgIpc) is 3.48. The van der Waals surface area contributed by atoms with Crippen molar-refractivity contribution in [2.24, 2.45) is 11.7 Å². The molecule has 43 heavy (non-hydrogen) atoms. The van der Waals surface area contributed by atoms with Gasteiger partial charge in [0.05, 0.1) is 12.7 Å². The predicted molar refractivity (Wildman–Crippen MR) is 163 cm³/mol. The van der Waals surface area contributed by atoms with E-state index in [2.05, 4.69) is 15.6 Å². The number of amides is 2. The third kappa shape index (κ3) is 5.90. The van der Waals surface area contributed by atoms with Gasteiger partial charge in [0.2, 0.25) is 0 Å². The van der Waals surface area contributed by atoms with Crippen molar-refractivity contribution in [2.45, 2.75) is 20.5 Å². The predicted octanol–water partition coefficient (Wildman–Crippen LogP) is 5.00. The largest absolute Gasteiger partial charge is 0.496 e. The van der Waals surface area contributed by atoms with Crippen molar-refractivity contribution in [1.82, 2.24) is 10.3 Å². The number of aromatic carboxylic acids is 1. The Morgan fingerprint density at radius 3 is 2.56 bits per heavy atom. The first-order valence-electron chi connectivity index (χ1n) is 13.3. The number of pyridine rings is 1. The highest BCUT2D eigenvalue weighted by Gasteiger charge is 2.27. The standard InChI is InChI=1S/C31H29N5O6S/c1-15(2)13-34-30(38)23-7-6-18(26(36-23)31(39)40)20-12-25-22(27-16(14-42-25)8-9-43-27)11-21(20)29(37)35-17-4-5-19(28(32)33)24(10-17)41-3/h4-12,15H,13-14H2,1-3H3,(H3,32,33)(H,34,38)(H,35,37)(H,39,40). The molecule has 0 saturated heterocycles. The lowest BCUT2D eigenvalue weighted by atomic mass is 9.92. The second-order valence-electron chi connectivity index (χ2n) is 10.2.